The topological polar surface area (TPSA) is 132 Å². The van der Waals surface area contributed by atoms with E-state index >= 15 is 0 Å². The van der Waals surface area contributed by atoms with Gasteiger partial charge >= 0.3 is 0 Å². The first-order valence-electron chi connectivity index (χ1n) is 8.40. The van der Waals surface area contributed by atoms with Crippen LogP contribution >= 0.6 is 0 Å². The van der Waals surface area contributed by atoms with Crippen LogP contribution in [0.25, 0.3) is 0 Å². The average Bonchev–Trinajstić information content (AvgIpc) is 3.17. The lowest BCUT2D eigenvalue weighted by atomic mass is 10.1. The first-order valence-corrected chi connectivity index (χ1v) is 8.40. The number of primary amides is 1. The summed E-state index contributed by atoms with van der Waals surface area (Å²) in [7, 11) is 1.53. The zero-order chi connectivity index (χ0) is 20.1. The highest BCUT2D eigenvalue weighted by molar-refractivity contribution is 6.03. The summed E-state index contributed by atoms with van der Waals surface area (Å²) in [4.78, 5) is 23.4. The van der Waals surface area contributed by atoms with Gasteiger partial charge in [0.15, 0.2) is 5.69 Å². The maximum absolute atomic E-state index is 12.3. The maximum atomic E-state index is 12.3. The molecule has 1 atom stereocenters. The summed E-state index contributed by atoms with van der Waals surface area (Å²) in [6, 6.07) is 13.3. The molecule has 0 saturated heterocycles. The number of benzene rings is 2. The fourth-order valence-corrected chi connectivity index (χ4v) is 2.62. The Kier molecular flexibility index (Phi) is 5.66. The van der Waals surface area contributed by atoms with Crippen LogP contribution in [0.15, 0.2) is 54.7 Å². The molecule has 9 nitrogen and oxygen atoms in total. The number of hydrogen-bond acceptors (Lipinski definition) is 6. The van der Waals surface area contributed by atoms with Crippen molar-refractivity contribution in [1.82, 2.24) is 15.0 Å². The van der Waals surface area contributed by atoms with Gasteiger partial charge in [-0.25, -0.2) is 4.68 Å². The molecule has 0 unspecified atom stereocenters. The minimum absolute atomic E-state index is 0.0891. The molecule has 2 aromatic carbocycles. The van der Waals surface area contributed by atoms with Gasteiger partial charge in [-0.1, -0.05) is 23.4 Å². The highest BCUT2D eigenvalue weighted by atomic mass is 16.5. The third-order valence-electron chi connectivity index (χ3n) is 4.06. The molecular weight excluding hydrogens is 362 g/mol. The van der Waals surface area contributed by atoms with E-state index in [0.29, 0.717) is 22.6 Å². The van der Waals surface area contributed by atoms with E-state index in [9.17, 15) is 14.7 Å². The molecule has 3 aromatic rings. The van der Waals surface area contributed by atoms with E-state index in [-0.39, 0.29) is 12.2 Å². The minimum Gasteiger partial charge on any atom is -0.496 e. The summed E-state index contributed by atoms with van der Waals surface area (Å²) in [6.07, 6.45) is 0.557. The molecule has 1 heterocycles. The summed E-state index contributed by atoms with van der Waals surface area (Å²) < 4.78 is 6.62. The highest BCUT2D eigenvalue weighted by Gasteiger charge is 2.16. The highest BCUT2D eigenvalue weighted by Crippen LogP contribution is 2.25. The van der Waals surface area contributed by atoms with Gasteiger partial charge in [0.05, 0.1) is 19.9 Å². The van der Waals surface area contributed by atoms with Crippen molar-refractivity contribution in [2.45, 2.75) is 12.6 Å². The molecule has 0 aliphatic heterocycles. The van der Waals surface area contributed by atoms with Crippen LogP contribution in [0, 0.1) is 0 Å². The Labute approximate surface area is 160 Å². The Bertz CT molecular complexity index is 984. The SMILES string of the molecule is COc1ccccc1[C@@H](O)Cn1cc(C(=O)Nc2ccc(C(N)=O)cc2)nn1. The number of para-hydroxylation sites is 1. The smallest absolute Gasteiger partial charge is 0.277 e. The van der Waals surface area contributed by atoms with Crippen molar-refractivity contribution in [1.29, 1.82) is 0 Å². The molecule has 0 saturated carbocycles. The normalized spacial score (nSPS) is 11.6. The first-order chi connectivity index (χ1) is 13.5. The van der Waals surface area contributed by atoms with Gasteiger partial charge in [0.25, 0.3) is 5.91 Å². The molecule has 0 aliphatic rings. The van der Waals surface area contributed by atoms with E-state index in [1.807, 2.05) is 6.07 Å². The number of nitrogens with zero attached hydrogens (tertiary/aromatic N) is 3. The second-order valence-electron chi connectivity index (χ2n) is 5.98. The van der Waals surface area contributed by atoms with Crippen molar-refractivity contribution < 1.29 is 19.4 Å². The number of anilines is 1. The second kappa shape index (κ2) is 8.31. The average molecular weight is 381 g/mol. The lowest BCUT2D eigenvalue weighted by Gasteiger charge is -2.14. The third kappa shape index (κ3) is 4.33. The molecule has 144 valence electrons. The van der Waals surface area contributed by atoms with Crippen LogP contribution in [0.4, 0.5) is 5.69 Å². The van der Waals surface area contributed by atoms with Crippen LogP contribution in [0.1, 0.15) is 32.5 Å². The molecule has 1 aromatic heterocycles. The Morgan fingerprint density at radius 2 is 1.93 bits per heavy atom. The number of ether oxygens (including phenoxy) is 1. The summed E-state index contributed by atoms with van der Waals surface area (Å²) in [5, 5.41) is 20.8. The van der Waals surface area contributed by atoms with Gasteiger partial charge in [0, 0.05) is 16.8 Å². The summed E-state index contributed by atoms with van der Waals surface area (Å²) in [6.45, 7) is 0.105. The van der Waals surface area contributed by atoms with Gasteiger partial charge in [-0.3, -0.25) is 9.59 Å². The number of aromatic nitrogens is 3. The Morgan fingerprint density at radius 3 is 2.61 bits per heavy atom. The zero-order valence-corrected chi connectivity index (χ0v) is 15.1. The minimum atomic E-state index is -0.880. The number of carbonyl (C=O) groups excluding carboxylic acids is 2. The van der Waals surface area contributed by atoms with Crippen molar-refractivity contribution in [2.75, 3.05) is 12.4 Å². The number of nitrogens with two attached hydrogens (primary N) is 1. The van der Waals surface area contributed by atoms with E-state index in [2.05, 4.69) is 15.6 Å². The van der Waals surface area contributed by atoms with Gasteiger partial charge in [0.2, 0.25) is 5.91 Å². The lowest BCUT2D eigenvalue weighted by molar-refractivity contribution is 0.0998. The Balaban J connectivity index is 1.66. The molecular formula is C19H19N5O4. The third-order valence-corrected chi connectivity index (χ3v) is 4.06. The molecule has 3 rings (SSSR count). The predicted octanol–water partition coefficient (Wildman–Crippen LogP) is 1.37. The Hall–Kier alpha value is -3.72. The summed E-state index contributed by atoms with van der Waals surface area (Å²) in [5.41, 5.74) is 6.71. The monoisotopic (exact) mass is 381 g/mol. The van der Waals surface area contributed by atoms with Crippen molar-refractivity contribution >= 4 is 17.5 Å². The number of aliphatic hydroxyl groups excluding tert-OH is 1. The van der Waals surface area contributed by atoms with E-state index in [4.69, 9.17) is 10.5 Å². The second-order valence-corrected chi connectivity index (χ2v) is 5.98. The summed E-state index contributed by atoms with van der Waals surface area (Å²) in [5.74, 6) is -0.452. The number of aliphatic hydroxyl groups is 1. The molecule has 0 radical (unpaired) electrons. The molecule has 4 N–H and O–H groups in total. The van der Waals surface area contributed by atoms with Gasteiger partial charge in [0.1, 0.15) is 11.9 Å². The Morgan fingerprint density at radius 1 is 1.21 bits per heavy atom. The van der Waals surface area contributed by atoms with Gasteiger partial charge in [-0.2, -0.15) is 0 Å². The zero-order valence-electron chi connectivity index (χ0n) is 15.1. The quantitative estimate of drug-likeness (QED) is 0.566. The molecule has 0 bridgehead atoms. The van der Waals surface area contributed by atoms with E-state index in [0.717, 1.165) is 0 Å². The molecule has 0 fully saturated rings. The van der Waals surface area contributed by atoms with E-state index < -0.39 is 17.9 Å². The van der Waals surface area contributed by atoms with Gasteiger partial charge in [-0.05, 0) is 30.3 Å². The van der Waals surface area contributed by atoms with E-state index in [1.165, 1.54) is 30.1 Å². The van der Waals surface area contributed by atoms with Crippen molar-refractivity contribution in [3.8, 4) is 5.75 Å². The van der Waals surface area contributed by atoms with Crippen LogP contribution in [0.2, 0.25) is 0 Å². The lowest BCUT2D eigenvalue weighted by Crippen LogP contribution is -2.14. The van der Waals surface area contributed by atoms with Gasteiger partial charge < -0.3 is 20.9 Å². The number of hydrogen-bond donors (Lipinski definition) is 3. The summed E-state index contributed by atoms with van der Waals surface area (Å²) >= 11 is 0. The van der Waals surface area contributed by atoms with Crippen molar-refractivity contribution in [3.05, 3.63) is 71.5 Å². The van der Waals surface area contributed by atoms with E-state index in [1.54, 1.807) is 30.3 Å². The molecule has 0 aliphatic carbocycles. The van der Waals surface area contributed by atoms with Gasteiger partial charge in [-0.15, -0.1) is 5.10 Å². The number of amides is 2. The molecule has 28 heavy (non-hydrogen) atoms. The number of nitrogens with one attached hydrogen (secondary N) is 1. The largest absolute Gasteiger partial charge is 0.496 e. The van der Waals surface area contributed by atoms with Crippen LogP contribution in [-0.2, 0) is 6.54 Å². The van der Waals surface area contributed by atoms with Crippen LogP contribution in [-0.4, -0.2) is 39.0 Å². The first kappa shape index (κ1) is 19.1. The molecule has 0 spiro atoms. The fourth-order valence-electron chi connectivity index (χ4n) is 2.62. The fraction of sp³-hybridized carbons (Fsp3) is 0.158. The van der Waals surface area contributed by atoms with Crippen molar-refractivity contribution in [3.63, 3.8) is 0 Å². The van der Waals surface area contributed by atoms with Crippen molar-refractivity contribution in [2.24, 2.45) is 5.73 Å². The number of carbonyl (C=O) groups is 2. The maximum Gasteiger partial charge on any atom is 0.277 e. The van der Waals surface area contributed by atoms with Crippen LogP contribution < -0.4 is 15.8 Å². The number of methoxy groups -OCH3 is 1. The molecule has 2 amide bonds. The van der Waals surface area contributed by atoms with Crippen LogP contribution in [0.3, 0.4) is 0 Å². The van der Waals surface area contributed by atoms with Crippen LogP contribution in [0.5, 0.6) is 5.75 Å². The molecule has 9 heteroatoms. The number of rotatable bonds is 7. The predicted molar refractivity (Wildman–Crippen MR) is 101 cm³/mol. The standard InChI is InChI=1S/C19H19N5O4/c1-28-17-5-3-2-4-14(17)16(25)11-24-10-15(22-23-24)19(27)21-13-8-6-12(7-9-13)18(20)26/h2-10,16,25H,11H2,1H3,(H2,20,26)(H,21,27)/t16-/m0/s1.